The van der Waals surface area contributed by atoms with Gasteiger partial charge in [0.05, 0.1) is 11.1 Å². The number of carbonyl (C=O) groups excluding carboxylic acids is 4. The second kappa shape index (κ2) is 9.05. The normalized spacial score (nSPS) is 20.6. The second-order valence-corrected chi connectivity index (χ2v) is 10.2. The fraction of sp³-hybridized carbons (Fsp3) is 0.172. The van der Waals surface area contributed by atoms with Crippen molar-refractivity contribution in [3.05, 3.63) is 118 Å². The highest BCUT2D eigenvalue weighted by Gasteiger charge is 2.60. The van der Waals surface area contributed by atoms with Crippen molar-refractivity contribution in [2.24, 2.45) is 0 Å². The molecule has 0 N–H and O–H groups in total. The maximum Gasteiger partial charge on any atom is 0.356 e. The Morgan fingerprint density at radius 1 is 0.811 bits per heavy atom. The molecule has 3 aromatic carbocycles. The number of benzene rings is 3. The zero-order chi connectivity index (χ0) is 25.7. The largest absolute Gasteiger partial charge is 0.448 e. The molecule has 0 saturated carbocycles. The Kier molecular flexibility index (Phi) is 5.68. The summed E-state index contributed by atoms with van der Waals surface area (Å²) >= 11 is 1.43. The van der Waals surface area contributed by atoms with Crippen LogP contribution < -0.4 is 0 Å². The molecule has 37 heavy (non-hydrogen) atoms. The minimum absolute atomic E-state index is 0.179. The molecule has 3 aliphatic rings. The fourth-order valence-electron chi connectivity index (χ4n) is 5.05. The lowest BCUT2D eigenvalue weighted by molar-refractivity contribution is -0.155. The first-order valence-electron chi connectivity index (χ1n) is 11.9. The van der Waals surface area contributed by atoms with Crippen molar-refractivity contribution in [2.75, 3.05) is 5.75 Å². The maximum atomic E-state index is 13.6. The van der Waals surface area contributed by atoms with E-state index in [1.54, 1.807) is 31.2 Å². The van der Waals surface area contributed by atoms with Crippen LogP contribution in [-0.2, 0) is 14.3 Å². The van der Waals surface area contributed by atoms with Gasteiger partial charge in [0.2, 0.25) is 0 Å². The topological polar surface area (TPSA) is 84.0 Å². The number of carbonyl (C=O) groups is 4. The Hall–Kier alpha value is -4.17. The molecule has 0 bridgehead atoms. The number of imide groups is 1. The zero-order valence-corrected chi connectivity index (χ0v) is 20.7. The number of β-lactam (4-membered cyclic amide) rings is 1. The molecule has 1 unspecified atom stereocenters. The van der Waals surface area contributed by atoms with Crippen LogP contribution in [0.25, 0.3) is 0 Å². The molecule has 0 radical (unpaired) electrons. The van der Waals surface area contributed by atoms with Crippen LogP contribution in [0.5, 0.6) is 0 Å². The predicted molar refractivity (Wildman–Crippen MR) is 137 cm³/mol. The van der Waals surface area contributed by atoms with Gasteiger partial charge in [-0.05, 0) is 35.8 Å². The highest BCUT2D eigenvalue weighted by Crippen LogP contribution is 2.45. The van der Waals surface area contributed by atoms with Gasteiger partial charge in [-0.2, -0.15) is 0 Å². The number of fused-ring (bicyclic) bond motifs is 2. The average molecular weight is 511 g/mol. The van der Waals surface area contributed by atoms with Crippen LogP contribution in [-0.4, -0.2) is 50.7 Å². The first-order chi connectivity index (χ1) is 18.0. The second-order valence-electron chi connectivity index (χ2n) is 9.12. The lowest BCUT2D eigenvalue weighted by Gasteiger charge is -2.51. The lowest BCUT2D eigenvalue weighted by atomic mass is 10.00. The third-order valence-corrected chi connectivity index (χ3v) is 8.27. The summed E-state index contributed by atoms with van der Waals surface area (Å²) in [5.41, 5.74) is 3.08. The van der Waals surface area contributed by atoms with E-state index in [4.69, 9.17) is 4.74 Å². The number of esters is 1. The number of rotatable bonds is 5. The first kappa shape index (κ1) is 23.2. The van der Waals surface area contributed by atoms with E-state index in [1.165, 1.54) is 16.7 Å². The minimum Gasteiger partial charge on any atom is -0.448 e. The summed E-state index contributed by atoms with van der Waals surface area (Å²) in [5, 5.41) is -0.548. The summed E-state index contributed by atoms with van der Waals surface area (Å²) in [4.78, 5) is 55.5. The summed E-state index contributed by atoms with van der Waals surface area (Å²) in [6, 6.07) is 24.4. The molecule has 0 aliphatic carbocycles. The summed E-state index contributed by atoms with van der Waals surface area (Å²) in [7, 11) is 0. The summed E-state index contributed by atoms with van der Waals surface area (Å²) in [6.45, 7) is 1.79. The average Bonchev–Trinajstić information content (AvgIpc) is 3.18. The Bertz CT molecular complexity index is 1400. The number of hydrogen-bond donors (Lipinski definition) is 0. The molecule has 0 spiro atoms. The molecule has 2 atom stereocenters. The van der Waals surface area contributed by atoms with E-state index >= 15 is 0 Å². The molecule has 1 fully saturated rings. The molecule has 7 nitrogen and oxygen atoms in total. The van der Waals surface area contributed by atoms with Crippen molar-refractivity contribution in [1.29, 1.82) is 0 Å². The van der Waals surface area contributed by atoms with Crippen molar-refractivity contribution in [3.8, 4) is 0 Å². The van der Waals surface area contributed by atoms with E-state index in [-0.39, 0.29) is 5.70 Å². The van der Waals surface area contributed by atoms with Gasteiger partial charge >= 0.3 is 5.97 Å². The van der Waals surface area contributed by atoms with E-state index < -0.39 is 41.2 Å². The van der Waals surface area contributed by atoms with Gasteiger partial charge in [-0.3, -0.25) is 24.2 Å². The number of hydrogen-bond acceptors (Lipinski definition) is 6. The van der Waals surface area contributed by atoms with Crippen LogP contribution in [0.2, 0.25) is 0 Å². The smallest absolute Gasteiger partial charge is 0.356 e. The Morgan fingerprint density at radius 3 is 1.86 bits per heavy atom. The van der Waals surface area contributed by atoms with Gasteiger partial charge in [0.15, 0.2) is 6.10 Å². The molecule has 3 aromatic rings. The van der Waals surface area contributed by atoms with E-state index in [9.17, 15) is 19.2 Å². The standard InChI is InChI=1S/C29H22N2O5S/c1-17-16-37-28-23(30-25(32)20-14-8-9-15-21(20)26(30)33)27(34)31(28)22(17)29(35)36-24(18-10-4-2-5-11-18)19-12-6-3-7-13-19/h2-15,23-24,28H,16H2,1H3/t23?,28-/m1/s1. The molecule has 6 rings (SSSR count). The first-order valence-corrected chi connectivity index (χ1v) is 12.9. The van der Waals surface area contributed by atoms with Crippen molar-refractivity contribution in [3.63, 3.8) is 0 Å². The van der Waals surface area contributed by atoms with Crippen LogP contribution >= 0.6 is 11.8 Å². The molecule has 3 aliphatic heterocycles. The Labute approximate surface area is 217 Å². The molecular formula is C29H22N2O5S. The van der Waals surface area contributed by atoms with Gasteiger partial charge < -0.3 is 4.74 Å². The highest BCUT2D eigenvalue weighted by atomic mass is 32.2. The van der Waals surface area contributed by atoms with Crippen LogP contribution in [0.15, 0.2) is 96.2 Å². The van der Waals surface area contributed by atoms with Crippen LogP contribution in [0, 0.1) is 0 Å². The Balaban J connectivity index is 1.28. The lowest BCUT2D eigenvalue weighted by Crippen LogP contribution is -2.71. The van der Waals surface area contributed by atoms with Gasteiger partial charge in [0.25, 0.3) is 17.7 Å². The van der Waals surface area contributed by atoms with Crippen LogP contribution in [0.1, 0.15) is 44.9 Å². The van der Waals surface area contributed by atoms with E-state index in [0.29, 0.717) is 22.5 Å². The van der Waals surface area contributed by atoms with E-state index in [0.717, 1.165) is 16.0 Å². The summed E-state index contributed by atoms with van der Waals surface area (Å²) < 4.78 is 6.04. The third-order valence-electron chi connectivity index (χ3n) is 6.86. The molecule has 3 heterocycles. The van der Waals surface area contributed by atoms with E-state index in [1.807, 2.05) is 60.7 Å². The number of thioether (sulfide) groups is 1. The van der Waals surface area contributed by atoms with E-state index in [2.05, 4.69) is 0 Å². The zero-order valence-electron chi connectivity index (χ0n) is 19.9. The SMILES string of the molecule is CC1=C(C(=O)OC(c2ccccc2)c2ccccc2)N2C(=O)C(N3C(=O)c4ccccc4C3=O)[C@H]2SC1. The number of ether oxygens (including phenoxy) is 1. The van der Waals surface area contributed by atoms with Crippen molar-refractivity contribution in [1.82, 2.24) is 9.80 Å². The quantitative estimate of drug-likeness (QED) is 0.291. The van der Waals surface area contributed by atoms with Crippen molar-refractivity contribution >= 4 is 35.5 Å². The number of nitrogens with zero attached hydrogens (tertiary/aromatic N) is 2. The maximum absolute atomic E-state index is 13.6. The minimum atomic E-state index is -0.965. The fourth-order valence-corrected chi connectivity index (χ4v) is 6.39. The van der Waals surface area contributed by atoms with Gasteiger partial charge in [0.1, 0.15) is 17.1 Å². The summed E-state index contributed by atoms with van der Waals surface area (Å²) in [6.07, 6.45) is -0.661. The third kappa shape index (κ3) is 3.67. The van der Waals surface area contributed by atoms with Gasteiger partial charge in [-0.25, -0.2) is 4.79 Å². The van der Waals surface area contributed by atoms with Gasteiger partial charge in [-0.15, -0.1) is 11.8 Å². The van der Waals surface area contributed by atoms with Crippen molar-refractivity contribution < 1.29 is 23.9 Å². The molecule has 184 valence electrons. The molecule has 0 aromatic heterocycles. The van der Waals surface area contributed by atoms with Crippen LogP contribution in [0.4, 0.5) is 0 Å². The van der Waals surface area contributed by atoms with Gasteiger partial charge in [-0.1, -0.05) is 72.8 Å². The summed E-state index contributed by atoms with van der Waals surface area (Å²) in [5.74, 6) is -1.57. The predicted octanol–water partition coefficient (Wildman–Crippen LogP) is 4.17. The van der Waals surface area contributed by atoms with Crippen LogP contribution in [0.3, 0.4) is 0 Å². The monoisotopic (exact) mass is 510 g/mol. The van der Waals surface area contributed by atoms with Crippen molar-refractivity contribution in [2.45, 2.75) is 24.4 Å². The highest BCUT2D eigenvalue weighted by molar-refractivity contribution is 8.00. The Morgan fingerprint density at radius 2 is 1.32 bits per heavy atom. The molecule has 1 saturated heterocycles. The number of amides is 3. The molecular weight excluding hydrogens is 488 g/mol. The molecule has 3 amide bonds. The van der Waals surface area contributed by atoms with Gasteiger partial charge in [0, 0.05) is 5.75 Å². The molecule has 8 heteroatoms.